The van der Waals surface area contributed by atoms with E-state index in [4.69, 9.17) is 25.8 Å². The van der Waals surface area contributed by atoms with Gasteiger partial charge in [0.25, 0.3) is 0 Å². The van der Waals surface area contributed by atoms with Crippen molar-refractivity contribution in [3.63, 3.8) is 0 Å². The van der Waals surface area contributed by atoms with E-state index in [9.17, 15) is 8.42 Å². The van der Waals surface area contributed by atoms with Crippen molar-refractivity contribution in [3.05, 3.63) is 47.6 Å². The summed E-state index contributed by atoms with van der Waals surface area (Å²) in [6.07, 6.45) is 4.73. The second-order valence-corrected chi connectivity index (χ2v) is 12.7. The predicted octanol–water partition coefficient (Wildman–Crippen LogP) is 4.06. The highest BCUT2D eigenvalue weighted by Gasteiger charge is 2.36. The van der Waals surface area contributed by atoms with Crippen LogP contribution in [0.2, 0.25) is 5.02 Å². The lowest BCUT2D eigenvalue weighted by Gasteiger charge is -2.48. The Morgan fingerprint density at radius 2 is 1.83 bits per heavy atom. The number of fused-ring (bicyclic) bond motifs is 3. The summed E-state index contributed by atoms with van der Waals surface area (Å²) < 4.78 is 43.7. The van der Waals surface area contributed by atoms with Crippen molar-refractivity contribution in [2.24, 2.45) is 0 Å². The topological polar surface area (TPSA) is 130 Å². The summed E-state index contributed by atoms with van der Waals surface area (Å²) in [5.74, 6) is 1.96. The van der Waals surface area contributed by atoms with E-state index in [2.05, 4.69) is 35.1 Å². The molecule has 0 bridgehead atoms. The molecule has 0 radical (unpaired) electrons. The van der Waals surface area contributed by atoms with Crippen LogP contribution < -0.4 is 29.7 Å². The van der Waals surface area contributed by atoms with E-state index in [0.29, 0.717) is 41.3 Å². The Morgan fingerprint density at radius 1 is 1.05 bits per heavy atom. The molecule has 224 valence electrons. The van der Waals surface area contributed by atoms with Gasteiger partial charge in [-0.05, 0) is 25.0 Å². The van der Waals surface area contributed by atoms with Gasteiger partial charge in [-0.2, -0.15) is 4.98 Å². The highest BCUT2D eigenvalue weighted by atomic mass is 35.5. The van der Waals surface area contributed by atoms with Gasteiger partial charge in [0.1, 0.15) is 23.1 Å². The summed E-state index contributed by atoms with van der Waals surface area (Å²) in [5.41, 5.74) is 2.50. The quantitative estimate of drug-likeness (QED) is 0.339. The summed E-state index contributed by atoms with van der Waals surface area (Å²) in [6.45, 7) is 5.16. The summed E-state index contributed by atoms with van der Waals surface area (Å²) in [6, 6.07) is 11.6. The molecule has 2 saturated heterocycles. The lowest BCUT2D eigenvalue weighted by Crippen LogP contribution is -2.59. The fourth-order valence-corrected chi connectivity index (χ4v) is 6.42. The number of hydrogen-bond donors (Lipinski definition) is 3. The molecule has 3 N–H and O–H groups in total. The van der Waals surface area contributed by atoms with Crippen LogP contribution in [0, 0.1) is 0 Å². The average molecular weight is 616 g/mol. The molecule has 3 aromatic rings. The van der Waals surface area contributed by atoms with E-state index in [-0.39, 0.29) is 17.0 Å². The molecule has 0 saturated carbocycles. The fraction of sp³-hybridized carbons (Fsp3) is 0.429. The number of ether oxygens (including phenoxy) is 3. The van der Waals surface area contributed by atoms with Crippen LogP contribution in [-0.2, 0) is 14.8 Å². The molecular weight excluding hydrogens is 582 g/mol. The van der Waals surface area contributed by atoms with Crippen molar-refractivity contribution in [2.75, 3.05) is 73.1 Å². The number of rotatable bonds is 8. The van der Waals surface area contributed by atoms with Gasteiger partial charge in [-0.15, -0.1) is 0 Å². The molecule has 0 aliphatic carbocycles. The van der Waals surface area contributed by atoms with Crippen molar-refractivity contribution in [2.45, 2.75) is 24.9 Å². The highest BCUT2D eigenvalue weighted by molar-refractivity contribution is 7.92. The zero-order chi connectivity index (χ0) is 29.3. The van der Waals surface area contributed by atoms with Crippen LogP contribution >= 0.6 is 11.6 Å². The number of piperazine rings is 1. The van der Waals surface area contributed by atoms with Crippen molar-refractivity contribution in [1.29, 1.82) is 0 Å². The monoisotopic (exact) mass is 615 g/mol. The second-order valence-electron chi connectivity index (χ2n) is 10.6. The molecule has 0 spiro atoms. The molecule has 1 atom stereocenters. The van der Waals surface area contributed by atoms with Gasteiger partial charge in [0, 0.05) is 51.0 Å². The van der Waals surface area contributed by atoms with Crippen molar-refractivity contribution < 1.29 is 22.6 Å². The van der Waals surface area contributed by atoms with Gasteiger partial charge in [-0.3, -0.25) is 9.62 Å². The SMILES string of the molecule is COc1cc2c(cc1Nc1ncc(Cl)c(Nc3ccccc3NS(C)(=O)=O)n1)OC[C@@H]1CN(C3CCOCC3)CCN21. The molecule has 3 aliphatic heterocycles. The molecule has 12 nitrogen and oxygen atoms in total. The van der Waals surface area contributed by atoms with E-state index in [1.54, 1.807) is 31.4 Å². The Kier molecular flexibility index (Phi) is 8.17. The molecule has 3 aliphatic rings. The maximum Gasteiger partial charge on any atom is 0.229 e. The molecular formula is C28H34ClN7O5S. The van der Waals surface area contributed by atoms with Gasteiger partial charge in [0.2, 0.25) is 16.0 Å². The van der Waals surface area contributed by atoms with E-state index >= 15 is 0 Å². The average Bonchev–Trinajstić information content (AvgIpc) is 2.99. The number of nitrogens with one attached hydrogen (secondary N) is 3. The zero-order valence-corrected chi connectivity index (χ0v) is 25.0. The first-order chi connectivity index (χ1) is 20.3. The predicted molar refractivity (Wildman–Crippen MR) is 164 cm³/mol. The lowest BCUT2D eigenvalue weighted by atomic mass is 10.0. The van der Waals surface area contributed by atoms with Crippen LogP contribution in [0.4, 0.5) is 34.5 Å². The van der Waals surface area contributed by atoms with Crippen LogP contribution in [-0.4, -0.2) is 88.2 Å². The Bertz CT molecular complexity index is 1550. The summed E-state index contributed by atoms with van der Waals surface area (Å²) >= 11 is 6.40. The van der Waals surface area contributed by atoms with Crippen LogP contribution in [0.25, 0.3) is 0 Å². The maximum absolute atomic E-state index is 11.8. The summed E-state index contributed by atoms with van der Waals surface area (Å²) in [7, 11) is -1.86. The van der Waals surface area contributed by atoms with Gasteiger partial charge < -0.3 is 29.7 Å². The molecule has 4 heterocycles. The van der Waals surface area contributed by atoms with Crippen molar-refractivity contribution in [1.82, 2.24) is 14.9 Å². The van der Waals surface area contributed by atoms with Crippen molar-refractivity contribution >= 4 is 56.1 Å². The summed E-state index contributed by atoms with van der Waals surface area (Å²) in [4.78, 5) is 13.9. The largest absolute Gasteiger partial charge is 0.494 e. The van der Waals surface area contributed by atoms with Crippen LogP contribution in [0.3, 0.4) is 0 Å². The molecule has 2 fully saturated rings. The van der Waals surface area contributed by atoms with Gasteiger partial charge in [-0.25, -0.2) is 13.4 Å². The molecule has 2 aromatic carbocycles. The van der Waals surface area contributed by atoms with Crippen LogP contribution in [0.1, 0.15) is 12.8 Å². The number of para-hydroxylation sites is 2. The van der Waals surface area contributed by atoms with E-state index in [1.807, 2.05) is 12.1 Å². The first-order valence-electron chi connectivity index (χ1n) is 13.8. The Labute approximate surface area is 250 Å². The van der Waals surface area contributed by atoms with Crippen molar-refractivity contribution in [3.8, 4) is 11.5 Å². The standard InChI is InChI=1S/C28H34ClN7O5S/c1-39-25-14-24-26(41-17-19-16-35(9-10-36(19)24)18-7-11-40-12-8-18)13-23(25)32-28-30-15-20(29)27(33-28)31-21-5-3-4-6-22(21)34-42(2,37)38/h3-6,13-15,18-19,34H,7-12,16-17H2,1-2H3,(H2,30,31,32,33)/t19-/m0/s1. The number of methoxy groups -OCH3 is 1. The van der Waals surface area contributed by atoms with E-state index in [0.717, 1.165) is 63.4 Å². The second kappa shape index (κ2) is 12.0. The third-order valence-corrected chi connectivity index (χ3v) is 8.58. The number of aromatic nitrogens is 2. The summed E-state index contributed by atoms with van der Waals surface area (Å²) in [5, 5.41) is 6.59. The van der Waals surface area contributed by atoms with Gasteiger partial charge in [0.05, 0.1) is 48.4 Å². The smallest absolute Gasteiger partial charge is 0.229 e. The molecule has 0 unspecified atom stereocenters. The Morgan fingerprint density at radius 3 is 2.60 bits per heavy atom. The highest BCUT2D eigenvalue weighted by Crippen LogP contribution is 2.43. The first-order valence-corrected chi connectivity index (χ1v) is 16.1. The maximum atomic E-state index is 11.8. The number of anilines is 6. The lowest BCUT2D eigenvalue weighted by molar-refractivity contribution is 0.0231. The number of benzene rings is 2. The molecule has 14 heteroatoms. The third-order valence-electron chi connectivity index (χ3n) is 7.71. The third kappa shape index (κ3) is 6.28. The number of sulfonamides is 1. The minimum Gasteiger partial charge on any atom is -0.494 e. The fourth-order valence-electron chi connectivity index (χ4n) is 5.71. The normalized spacial score (nSPS) is 19.3. The Hall–Kier alpha value is -3.52. The van der Waals surface area contributed by atoms with E-state index in [1.165, 1.54) is 6.20 Å². The molecule has 0 amide bonds. The van der Waals surface area contributed by atoms with Crippen LogP contribution in [0.5, 0.6) is 11.5 Å². The number of hydrogen-bond acceptors (Lipinski definition) is 11. The zero-order valence-electron chi connectivity index (χ0n) is 23.5. The van der Waals surface area contributed by atoms with Crippen LogP contribution in [0.15, 0.2) is 42.6 Å². The van der Waals surface area contributed by atoms with Gasteiger partial charge in [0.15, 0.2) is 5.82 Å². The van der Waals surface area contributed by atoms with Gasteiger partial charge >= 0.3 is 0 Å². The number of halogens is 1. The molecule has 6 rings (SSSR count). The number of nitrogens with zero attached hydrogens (tertiary/aromatic N) is 4. The molecule has 1 aromatic heterocycles. The minimum absolute atomic E-state index is 0.265. The van der Waals surface area contributed by atoms with E-state index < -0.39 is 10.0 Å². The minimum atomic E-state index is -3.49. The Balaban J connectivity index is 1.21. The molecule has 42 heavy (non-hydrogen) atoms. The first kappa shape index (κ1) is 28.6. The van der Waals surface area contributed by atoms with Gasteiger partial charge in [-0.1, -0.05) is 23.7 Å².